The number of ether oxygens (including phenoxy) is 2. The van der Waals surface area contributed by atoms with Crippen molar-refractivity contribution in [2.24, 2.45) is 0 Å². The van der Waals surface area contributed by atoms with E-state index in [1.807, 2.05) is 6.92 Å². The Labute approximate surface area is 112 Å². The average Bonchev–Trinajstić information content (AvgIpc) is 2.47. The summed E-state index contributed by atoms with van der Waals surface area (Å²) in [5, 5.41) is 3.24. The van der Waals surface area contributed by atoms with E-state index in [1.54, 1.807) is 7.11 Å². The SMILES string of the molecule is CCC(OC)c1nc2c(c(C(=O)OC)n1)CCNC2. The van der Waals surface area contributed by atoms with Gasteiger partial charge in [-0.1, -0.05) is 6.92 Å². The van der Waals surface area contributed by atoms with Crippen molar-refractivity contribution in [1.82, 2.24) is 15.3 Å². The largest absolute Gasteiger partial charge is 0.464 e. The lowest BCUT2D eigenvalue weighted by atomic mass is 10.0. The minimum Gasteiger partial charge on any atom is -0.464 e. The summed E-state index contributed by atoms with van der Waals surface area (Å²) in [4.78, 5) is 20.7. The normalized spacial score (nSPS) is 15.7. The van der Waals surface area contributed by atoms with E-state index in [4.69, 9.17) is 9.47 Å². The van der Waals surface area contributed by atoms with Gasteiger partial charge in [0.15, 0.2) is 11.5 Å². The minimum atomic E-state index is -0.409. The second-order valence-corrected chi connectivity index (χ2v) is 4.41. The molecule has 1 unspecified atom stereocenters. The van der Waals surface area contributed by atoms with Crippen LogP contribution in [0.3, 0.4) is 0 Å². The van der Waals surface area contributed by atoms with Gasteiger partial charge in [-0.3, -0.25) is 0 Å². The number of carbonyl (C=O) groups excluding carboxylic acids is 1. The highest BCUT2D eigenvalue weighted by Crippen LogP contribution is 2.22. The molecular weight excluding hydrogens is 246 g/mol. The van der Waals surface area contributed by atoms with Crippen molar-refractivity contribution in [2.75, 3.05) is 20.8 Å². The summed E-state index contributed by atoms with van der Waals surface area (Å²) in [5.41, 5.74) is 2.13. The molecule has 1 aromatic heterocycles. The molecule has 2 rings (SSSR count). The second-order valence-electron chi connectivity index (χ2n) is 4.41. The first kappa shape index (κ1) is 13.9. The number of methoxy groups -OCH3 is 2. The smallest absolute Gasteiger partial charge is 0.357 e. The zero-order valence-electron chi connectivity index (χ0n) is 11.5. The Kier molecular flexibility index (Phi) is 4.44. The van der Waals surface area contributed by atoms with E-state index in [0.29, 0.717) is 18.1 Å². The molecule has 0 saturated heterocycles. The van der Waals surface area contributed by atoms with E-state index in [9.17, 15) is 4.79 Å². The fraction of sp³-hybridized carbons (Fsp3) is 0.615. The second kappa shape index (κ2) is 6.08. The van der Waals surface area contributed by atoms with Crippen LogP contribution in [-0.4, -0.2) is 36.7 Å². The highest BCUT2D eigenvalue weighted by molar-refractivity contribution is 5.89. The fourth-order valence-electron chi connectivity index (χ4n) is 2.24. The molecule has 0 aliphatic carbocycles. The third kappa shape index (κ3) is 2.74. The number of hydrogen-bond acceptors (Lipinski definition) is 6. The monoisotopic (exact) mass is 265 g/mol. The van der Waals surface area contributed by atoms with Crippen LogP contribution in [0.2, 0.25) is 0 Å². The van der Waals surface area contributed by atoms with Crippen LogP contribution in [0.4, 0.5) is 0 Å². The molecule has 1 N–H and O–H groups in total. The quantitative estimate of drug-likeness (QED) is 0.819. The Balaban J connectivity index is 2.50. The number of esters is 1. The number of fused-ring (bicyclic) bond motifs is 1. The first-order valence-electron chi connectivity index (χ1n) is 6.42. The molecule has 19 heavy (non-hydrogen) atoms. The van der Waals surface area contributed by atoms with Crippen LogP contribution in [0.25, 0.3) is 0 Å². The number of carbonyl (C=O) groups is 1. The summed E-state index contributed by atoms with van der Waals surface area (Å²) in [7, 11) is 2.98. The Bertz CT molecular complexity index is 472. The third-order valence-corrected chi connectivity index (χ3v) is 3.28. The first-order valence-corrected chi connectivity index (χ1v) is 6.42. The van der Waals surface area contributed by atoms with Gasteiger partial charge in [-0.15, -0.1) is 0 Å². The molecular formula is C13H19N3O3. The molecule has 0 amide bonds. The average molecular weight is 265 g/mol. The van der Waals surface area contributed by atoms with Gasteiger partial charge in [0.2, 0.25) is 0 Å². The zero-order chi connectivity index (χ0) is 13.8. The minimum absolute atomic E-state index is 0.198. The summed E-state index contributed by atoms with van der Waals surface area (Å²) in [6, 6.07) is 0. The highest BCUT2D eigenvalue weighted by Gasteiger charge is 2.24. The standard InChI is InChI=1S/C13H19N3O3/c1-4-10(18-2)12-15-9-7-14-6-5-8(9)11(16-12)13(17)19-3/h10,14H,4-7H2,1-3H3. The van der Waals surface area contributed by atoms with Gasteiger partial charge in [-0.05, 0) is 19.4 Å². The number of nitrogens with zero attached hydrogens (tertiary/aromatic N) is 2. The van der Waals surface area contributed by atoms with Crippen LogP contribution >= 0.6 is 0 Å². The van der Waals surface area contributed by atoms with Crippen LogP contribution < -0.4 is 5.32 Å². The molecule has 0 saturated carbocycles. The first-order chi connectivity index (χ1) is 9.21. The summed E-state index contributed by atoms with van der Waals surface area (Å²) in [6.45, 7) is 3.46. The molecule has 104 valence electrons. The molecule has 1 aliphatic heterocycles. The molecule has 1 aromatic rings. The molecule has 0 fully saturated rings. The van der Waals surface area contributed by atoms with Crippen LogP contribution in [0, 0.1) is 0 Å². The van der Waals surface area contributed by atoms with Crippen LogP contribution in [0.15, 0.2) is 0 Å². The number of aromatic nitrogens is 2. The van der Waals surface area contributed by atoms with E-state index in [1.165, 1.54) is 7.11 Å². The van der Waals surface area contributed by atoms with Crippen molar-refractivity contribution in [3.05, 3.63) is 22.8 Å². The van der Waals surface area contributed by atoms with Crippen molar-refractivity contribution in [2.45, 2.75) is 32.4 Å². The molecule has 1 aliphatic rings. The topological polar surface area (TPSA) is 73.3 Å². The number of hydrogen-bond donors (Lipinski definition) is 1. The van der Waals surface area contributed by atoms with Crippen LogP contribution in [0.1, 0.15) is 47.0 Å². The predicted molar refractivity (Wildman–Crippen MR) is 68.8 cm³/mol. The predicted octanol–water partition coefficient (Wildman–Crippen LogP) is 1.01. The maximum absolute atomic E-state index is 11.9. The summed E-state index contributed by atoms with van der Waals surface area (Å²) >= 11 is 0. The van der Waals surface area contributed by atoms with Crippen LogP contribution in [-0.2, 0) is 22.4 Å². The summed E-state index contributed by atoms with van der Waals surface area (Å²) in [5.74, 6) is 0.139. The maximum atomic E-state index is 11.9. The van der Waals surface area contributed by atoms with Gasteiger partial charge in [0.05, 0.1) is 12.8 Å². The van der Waals surface area contributed by atoms with E-state index in [0.717, 1.165) is 30.6 Å². The lowest BCUT2D eigenvalue weighted by Gasteiger charge is -2.21. The van der Waals surface area contributed by atoms with Gasteiger partial charge in [0, 0.05) is 19.2 Å². The van der Waals surface area contributed by atoms with Crippen LogP contribution in [0.5, 0.6) is 0 Å². The Morgan fingerprint density at radius 1 is 1.42 bits per heavy atom. The van der Waals surface area contributed by atoms with Crippen molar-refractivity contribution >= 4 is 5.97 Å². The molecule has 0 aromatic carbocycles. The maximum Gasteiger partial charge on any atom is 0.357 e. The Morgan fingerprint density at radius 3 is 2.84 bits per heavy atom. The molecule has 0 radical (unpaired) electrons. The van der Waals surface area contributed by atoms with Crippen molar-refractivity contribution in [3.63, 3.8) is 0 Å². The fourth-order valence-corrected chi connectivity index (χ4v) is 2.24. The van der Waals surface area contributed by atoms with Gasteiger partial charge in [0.25, 0.3) is 0 Å². The van der Waals surface area contributed by atoms with Crippen molar-refractivity contribution in [1.29, 1.82) is 0 Å². The number of nitrogens with one attached hydrogen (secondary N) is 1. The van der Waals surface area contributed by atoms with Gasteiger partial charge in [-0.2, -0.15) is 0 Å². The van der Waals surface area contributed by atoms with Crippen molar-refractivity contribution < 1.29 is 14.3 Å². The highest BCUT2D eigenvalue weighted by atomic mass is 16.5. The van der Waals surface area contributed by atoms with E-state index < -0.39 is 5.97 Å². The molecule has 0 bridgehead atoms. The van der Waals surface area contributed by atoms with Gasteiger partial charge >= 0.3 is 5.97 Å². The zero-order valence-corrected chi connectivity index (χ0v) is 11.5. The summed E-state index contributed by atoms with van der Waals surface area (Å²) < 4.78 is 10.2. The Hall–Kier alpha value is -1.53. The number of rotatable bonds is 4. The van der Waals surface area contributed by atoms with E-state index >= 15 is 0 Å². The van der Waals surface area contributed by atoms with Gasteiger partial charge < -0.3 is 14.8 Å². The lowest BCUT2D eigenvalue weighted by Crippen LogP contribution is -2.29. The van der Waals surface area contributed by atoms with E-state index in [-0.39, 0.29) is 6.10 Å². The van der Waals surface area contributed by atoms with E-state index in [2.05, 4.69) is 15.3 Å². The molecule has 6 nitrogen and oxygen atoms in total. The molecule has 2 heterocycles. The summed E-state index contributed by atoms with van der Waals surface area (Å²) in [6.07, 6.45) is 1.29. The molecule has 6 heteroatoms. The third-order valence-electron chi connectivity index (χ3n) is 3.28. The lowest BCUT2D eigenvalue weighted by molar-refractivity contribution is 0.0586. The molecule has 0 spiro atoms. The van der Waals surface area contributed by atoms with Crippen molar-refractivity contribution in [3.8, 4) is 0 Å². The molecule has 1 atom stereocenters. The van der Waals surface area contributed by atoms with Gasteiger partial charge in [-0.25, -0.2) is 14.8 Å². The Morgan fingerprint density at radius 2 is 2.21 bits per heavy atom. The van der Waals surface area contributed by atoms with Gasteiger partial charge in [0.1, 0.15) is 6.10 Å².